The van der Waals surface area contributed by atoms with Crippen LogP contribution in [-0.2, 0) is 0 Å². The Bertz CT molecular complexity index is 1300. The highest BCUT2D eigenvalue weighted by atomic mass is 19.1. The van der Waals surface area contributed by atoms with Crippen molar-refractivity contribution in [3.8, 4) is 22.8 Å². The number of nitrogens with two attached hydrogens (primary N) is 1. The van der Waals surface area contributed by atoms with Crippen LogP contribution in [0.25, 0.3) is 17.1 Å². The Kier molecular flexibility index (Phi) is 5.57. The van der Waals surface area contributed by atoms with Gasteiger partial charge in [0.2, 0.25) is 11.6 Å². The molecule has 1 amide bonds. The van der Waals surface area contributed by atoms with Crippen molar-refractivity contribution in [2.24, 2.45) is 5.10 Å². The summed E-state index contributed by atoms with van der Waals surface area (Å²) < 4.78 is 24.3. The third kappa shape index (κ3) is 4.01. The molecular weight excluding hydrogens is 419 g/mol. The van der Waals surface area contributed by atoms with Crippen LogP contribution in [0, 0.1) is 5.82 Å². The summed E-state index contributed by atoms with van der Waals surface area (Å²) in [6.07, 6.45) is 0. The van der Waals surface area contributed by atoms with E-state index in [1.165, 1.54) is 23.9 Å². The molecular formula is C20H17FN8O3. The molecule has 2 heterocycles. The van der Waals surface area contributed by atoms with E-state index in [0.29, 0.717) is 22.6 Å². The van der Waals surface area contributed by atoms with Gasteiger partial charge in [0.25, 0.3) is 5.91 Å². The fourth-order valence-corrected chi connectivity index (χ4v) is 2.89. The summed E-state index contributed by atoms with van der Waals surface area (Å²) in [6.45, 7) is 1.68. The molecule has 0 saturated heterocycles. The van der Waals surface area contributed by atoms with Crippen molar-refractivity contribution < 1.29 is 18.6 Å². The van der Waals surface area contributed by atoms with Gasteiger partial charge in [-0.2, -0.15) is 9.78 Å². The van der Waals surface area contributed by atoms with E-state index in [0.717, 1.165) is 0 Å². The molecule has 3 N–H and O–H groups in total. The van der Waals surface area contributed by atoms with E-state index in [2.05, 4.69) is 35.8 Å². The third-order valence-corrected chi connectivity index (χ3v) is 4.51. The van der Waals surface area contributed by atoms with Crippen LogP contribution in [0.2, 0.25) is 0 Å². The van der Waals surface area contributed by atoms with Crippen LogP contribution in [0.3, 0.4) is 0 Å². The molecule has 4 rings (SSSR count). The van der Waals surface area contributed by atoms with E-state index >= 15 is 0 Å². The predicted octanol–water partition coefficient (Wildman–Crippen LogP) is 2.20. The van der Waals surface area contributed by atoms with Crippen LogP contribution in [0.1, 0.15) is 23.0 Å². The molecule has 4 aromatic rings. The lowest BCUT2D eigenvalue weighted by Gasteiger charge is -2.08. The van der Waals surface area contributed by atoms with Crippen LogP contribution in [0.15, 0.2) is 58.3 Å². The molecule has 2 aromatic heterocycles. The molecule has 162 valence electrons. The normalized spacial score (nSPS) is 11.4. The molecule has 0 radical (unpaired) electrons. The summed E-state index contributed by atoms with van der Waals surface area (Å²) in [5.74, 6) is -0.410. The van der Waals surface area contributed by atoms with Gasteiger partial charge in [-0.25, -0.2) is 14.4 Å². The number of carbonyl (C=O) groups excluding carboxylic acids is 1. The summed E-state index contributed by atoms with van der Waals surface area (Å²) in [7, 11) is 1.52. The molecule has 0 atom stereocenters. The topological polar surface area (TPSA) is 146 Å². The molecule has 0 fully saturated rings. The molecule has 0 aliphatic heterocycles. The number of carbonyl (C=O) groups is 1. The Balaban J connectivity index is 1.72. The predicted molar refractivity (Wildman–Crippen MR) is 112 cm³/mol. The lowest BCUT2D eigenvalue weighted by molar-refractivity contribution is 0.0950. The summed E-state index contributed by atoms with van der Waals surface area (Å²) in [5.41, 5.74) is 10.1. The van der Waals surface area contributed by atoms with Gasteiger partial charge in [-0.1, -0.05) is 29.5 Å². The molecule has 0 saturated carbocycles. The molecule has 0 aliphatic carbocycles. The second-order valence-corrected chi connectivity index (χ2v) is 6.55. The summed E-state index contributed by atoms with van der Waals surface area (Å²) in [5, 5.41) is 19.3. The molecule has 0 spiro atoms. The number of hydrogen-bond acceptors (Lipinski definition) is 9. The van der Waals surface area contributed by atoms with Crippen molar-refractivity contribution >= 4 is 17.4 Å². The number of nitrogens with one attached hydrogen (secondary N) is 1. The summed E-state index contributed by atoms with van der Waals surface area (Å²) in [4.78, 5) is 12.9. The van der Waals surface area contributed by atoms with Gasteiger partial charge in [0, 0.05) is 5.56 Å². The number of aromatic nitrogens is 5. The minimum absolute atomic E-state index is 0.0313. The number of amides is 1. The van der Waals surface area contributed by atoms with Gasteiger partial charge < -0.3 is 10.5 Å². The van der Waals surface area contributed by atoms with Crippen LogP contribution in [0.5, 0.6) is 5.75 Å². The van der Waals surface area contributed by atoms with Crippen molar-refractivity contribution in [2.75, 3.05) is 12.8 Å². The molecule has 0 unspecified atom stereocenters. The van der Waals surface area contributed by atoms with Crippen LogP contribution >= 0.6 is 0 Å². The zero-order valence-electron chi connectivity index (χ0n) is 17.0. The van der Waals surface area contributed by atoms with Crippen LogP contribution in [-0.4, -0.2) is 44.0 Å². The average molecular weight is 436 g/mol. The summed E-state index contributed by atoms with van der Waals surface area (Å²) >= 11 is 0. The number of anilines is 1. The minimum Gasteiger partial charge on any atom is -0.497 e. The van der Waals surface area contributed by atoms with Crippen molar-refractivity contribution in [2.45, 2.75) is 6.92 Å². The highest BCUT2D eigenvalue weighted by Gasteiger charge is 2.25. The van der Waals surface area contributed by atoms with Crippen LogP contribution in [0.4, 0.5) is 10.2 Å². The Labute approximate surface area is 180 Å². The van der Waals surface area contributed by atoms with Gasteiger partial charge in [0.15, 0.2) is 5.69 Å². The first-order chi connectivity index (χ1) is 15.5. The lowest BCUT2D eigenvalue weighted by atomic mass is 10.1. The highest BCUT2D eigenvalue weighted by molar-refractivity contribution is 6.02. The second-order valence-electron chi connectivity index (χ2n) is 6.55. The van der Waals surface area contributed by atoms with Crippen molar-refractivity contribution in [1.82, 2.24) is 30.7 Å². The van der Waals surface area contributed by atoms with Gasteiger partial charge in [0.1, 0.15) is 17.3 Å². The molecule has 0 aliphatic rings. The molecule has 12 heteroatoms. The standard InChI is InChI=1S/C20H17FN8O3/c1-11(12-6-8-14(21)9-7-12)23-25-20(30)16-17(13-4-3-5-15(10-13)31-2)29(28-24-16)19-18(22)26-32-27-19/h3-10H,1-2H3,(H2,22,26)(H,25,30)/b23-11-. The van der Waals surface area contributed by atoms with Crippen molar-refractivity contribution in [1.29, 1.82) is 0 Å². The zero-order valence-corrected chi connectivity index (χ0v) is 17.0. The zero-order chi connectivity index (χ0) is 22.7. The number of nitrogen functional groups attached to an aromatic ring is 1. The number of rotatable bonds is 6. The molecule has 0 bridgehead atoms. The van der Waals surface area contributed by atoms with Gasteiger partial charge >= 0.3 is 0 Å². The molecule has 11 nitrogen and oxygen atoms in total. The van der Waals surface area contributed by atoms with Crippen molar-refractivity contribution in [3.05, 3.63) is 65.6 Å². The van der Waals surface area contributed by atoms with Gasteiger partial charge in [-0.05, 0) is 47.1 Å². The highest BCUT2D eigenvalue weighted by Crippen LogP contribution is 2.29. The molecule has 2 aromatic carbocycles. The quantitative estimate of drug-likeness (QED) is 0.345. The van der Waals surface area contributed by atoms with E-state index in [-0.39, 0.29) is 28.8 Å². The van der Waals surface area contributed by atoms with E-state index < -0.39 is 5.91 Å². The maximum atomic E-state index is 13.1. The lowest BCUT2D eigenvalue weighted by Crippen LogP contribution is -2.21. The number of ether oxygens (including phenoxy) is 1. The minimum atomic E-state index is -0.634. The van der Waals surface area contributed by atoms with Gasteiger partial charge in [-0.3, -0.25) is 4.79 Å². The maximum Gasteiger partial charge on any atom is 0.294 e. The average Bonchev–Trinajstić information content (AvgIpc) is 3.43. The number of nitrogens with zero attached hydrogens (tertiary/aromatic N) is 6. The fraction of sp³-hybridized carbons (Fsp3) is 0.100. The van der Waals surface area contributed by atoms with E-state index in [9.17, 15) is 9.18 Å². The van der Waals surface area contributed by atoms with Gasteiger partial charge in [0.05, 0.1) is 12.8 Å². The number of halogens is 1. The number of methoxy groups -OCH3 is 1. The first kappa shape index (κ1) is 20.7. The Morgan fingerprint density at radius 3 is 2.69 bits per heavy atom. The SMILES string of the molecule is COc1cccc(-c2c(C(=O)N/N=C(/C)c3ccc(F)cc3)nnn2-c2nonc2N)c1. The first-order valence-corrected chi connectivity index (χ1v) is 9.27. The maximum absolute atomic E-state index is 13.1. The fourth-order valence-electron chi connectivity index (χ4n) is 2.89. The smallest absolute Gasteiger partial charge is 0.294 e. The third-order valence-electron chi connectivity index (χ3n) is 4.51. The van der Waals surface area contributed by atoms with E-state index in [1.54, 1.807) is 43.3 Å². The Hall–Kier alpha value is -4.61. The largest absolute Gasteiger partial charge is 0.497 e. The number of hydrogen-bond donors (Lipinski definition) is 2. The van der Waals surface area contributed by atoms with E-state index in [4.69, 9.17) is 10.5 Å². The monoisotopic (exact) mass is 436 g/mol. The van der Waals surface area contributed by atoms with Crippen LogP contribution < -0.4 is 15.9 Å². The second kappa shape index (κ2) is 8.63. The van der Waals surface area contributed by atoms with Crippen molar-refractivity contribution in [3.63, 3.8) is 0 Å². The summed E-state index contributed by atoms with van der Waals surface area (Å²) in [6, 6.07) is 12.7. The Morgan fingerprint density at radius 1 is 1.22 bits per heavy atom. The first-order valence-electron chi connectivity index (χ1n) is 9.27. The Morgan fingerprint density at radius 2 is 2.00 bits per heavy atom. The van der Waals surface area contributed by atoms with Gasteiger partial charge in [-0.15, -0.1) is 5.10 Å². The number of hydrazone groups is 1. The molecule has 32 heavy (non-hydrogen) atoms. The number of benzene rings is 2. The van der Waals surface area contributed by atoms with E-state index in [1.807, 2.05) is 0 Å².